The summed E-state index contributed by atoms with van der Waals surface area (Å²) < 4.78 is 32.3. The SMILES string of the molecule is CC(C)(CO)C(=O)SCCOP(=O)(NCc1ccccc1)OC[C@H]1O[C@@H](c2cnc3c(N)nc(N)nn23)[C@](C)(O)[C@@H]1O. The zero-order valence-electron chi connectivity index (χ0n) is 23.4. The molecule has 0 amide bonds. The lowest BCUT2D eigenvalue weighted by Crippen LogP contribution is -2.43. The van der Waals surface area contributed by atoms with Crippen molar-refractivity contribution in [1.82, 2.24) is 24.7 Å². The molecule has 3 heterocycles. The van der Waals surface area contributed by atoms with Gasteiger partial charge in [-0.2, -0.15) is 4.98 Å². The van der Waals surface area contributed by atoms with E-state index in [4.69, 9.17) is 25.3 Å². The Morgan fingerprint density at radius 3 is 2.69 bits per heavy atom. The van der Waals surface area contributed by atoms with Crippen molar-refractivity contribution in [2.75, 3.05) is 37.0 Å². The molecule has 230 valence electrons. The smallest absolute Gasteiger partial charge is 0.395 e. The number of aliphatic hydroxyl groups excluding tert-OH is 2. The lowest BCUT2D eigenvalue weighted by molar-refractivity contribution is -0.119. The summed E-state index contributed by atoms with van der Waals surface area (Å²) in [4.78, 5) is 20.3. The minimum Gasteiger partial charge on any atom is -0.395 e. The quantitative estimate of drug-likeness (QED) is 0.115. The first-order valence-corrected chi connectivity index (χ1v) is 15.6. The van der Waals surface area contributed by atoms with Crippen LogP contribution in [0.2, 0.25) is 0 Å². The highest BCUT2D eigenvalue weighted by Crippen LogP contribution is 2.47. The van der Waals surface area contributed by atoms with E-state index in [2.05, 4.69) is 20.2 Å². The minimum atomic E-state index is -4.01. The van der Waals surface area contributed by atoms with Crippen LogP contribution in [0.5, 0.6) is 0 Å². The van der Waals surface area contributed by atoms with Gasteiger partial charge in [-0.05, 0) is 26.3 Å². The van der Waals surface area contributed by atoms with Crippen molar-refractivity contribution in [3.05, 3.63) is 47.8 Å². The molecule has 17 heteroatoms. The van der Waals surface area contributed by atoms with Gasteiger partial charge in [0.15, 0.2) is 16.6 Å². The number of anilines is 2. The van der Waals surface area contributed by atoms with E-state index in [-0.39, 0.29) is 53.7 Å². The Kier molecular flexibility index (Phi) is 9.92. The molecule has 8 N–H and O–H groups in total. The van der Waals surface area contributed by atoms with Gasteiger partial charge in [0.1, 0.15) is 23.9 Å². The molecule has 1 saturated heterocycles. The fourth-order valence-corrected chi connectivity index (χ4v) is 6.41. The Bertz CT molecular complexity index is 1440. The number of thioether (sulfide) groups is 1. The van der Waals surface area contributed by atoms with E-state index in [0.717, 1.165) is 17.3 Å². The fourth-order valence-electron chi connectivity index (χ4n) is 4.17. The van der Waals surface area contributed by atoms with Crippen LogP contribution >= 0.6 is 19.5 Å². The number of nitrogens with one attached hydrogen (secondary N) is 1. The van der Waals surface area contributed by atoms with Crippen LogP contribution in [0.3, 0.4) is 0 Å². The summed E-state index contributed by atoms with van der Waals surface area (Å²) in [6.07, 6.45) is -2.37. The van der Waals surface area contributed by atoms with Crippen LogP contribution in [0.4, 0.5) is 11.8 Å². The third-order valence-corrected chi connectivity index (χ3v) is 9.49. The van der Waals surface area contributed by atoms with Crippen LogP contribution in [0.25, 0.3) is 5.65 Å². The van der Waals surface area contributed by atoms with Crippen LogP contribution in [-0.2, 0) is 29.7 Å². The summed E-state index contributed by atoms with van der Waals surface area (Å²) in [5, 5.41) is 38.2. The Morgan fingerprint density at radius 2 is 2.00 bits per heavy atom. The van der Waals surface area contributed by atoms with E-state index in [9.17, 15) is 24.7 Å². The van der Waals surface area contributed by atoms with Crippen LogP contribution in [-0.4, -0.2) is 83.4 Å². The molecule has 4 rings (SSSR count). The molecule has 0 saturated carbocycles. The van der Waals surface area contributed by atoms with Crippen LogP contribution in [0.15, 0.2) is 36.5 Å². The van der Waals surface area contributed by atoms with Crippen molar-refractivity contribution in [3.8, 4) is 0 Å². The van der Waals surface area contributed by atoms with Crippen LogP contribution in [0.1, 0.15) is 38.1 Å². The Hall–Kier alpha value is -2.66. The first-order chi connectivity index (χ1) is 19.8. The highest BCUT2D eigenvalue weighted by atomic mass is 32.2. The van der Waals surface area contributed by atoms with Gasteiger partial charge >= 0.3 is 7.75 Å². The van der Waals surface area contributed by atoms with Gasteiger partial charge in [0.25, 0.3) is 0 Å². The normalized spacial score (nSPS) is 24.2. The number of benzene rings is 1. The number of nitrogen functional groups attached to an aromatic ring is 2. The fraction of sp³-hybridized carbons (Fsp3) is 0.520. The van der Waals surface area contributed by atoms with Gasteiger partial charge in [-0.15, -0.1) is 5.10 Å². The maximum Gasteiger partial charge on any atom is 0.405 e. The van der Waals surface area contributed by atoms with Crippen LogP contribution in [0, 0.1) is 5.41 Å². The number of aliphatic hydroxyl groups is 3. The van der Waals surface area contributed by atoms with Gasteiger partial charge in [0.05, 0.1) is 37.1 Å². The monoisotopic (exact) mass is 625 g/mol. The number of rotatable bonds is 13. The van der Waals surface area contributed by atoms with Crippen molar-refractivity contribution >= 4 is 42.0 Å². The summed E-state index contributed by atoms with van der Waals surface area (Å²) in [5.74, 6) is 0.0542. The molecule has 0 radical (unpaired) electrons. The number of carbonyl (C=O) groups is 1. The number of nitrogens with two attached hydrogens (primary N) is 2. The average Bonchev–Trinajstić information content (AvgIpc) is 3.47. The molecule has 2 aromatic heterocycles. The van der Waals surface area contributed by atoms with Crippen molar-refractivity contribution in [2.24, 2.45) is 5.41 Å². The molecule has 42 heavy (non-hydrogen) atoms. The van der Waals surface area contributed by atoms with Gasteiger partial charge < -0.3 is 31.5 Å². The summed E-state index contributed by atoms with van der Waals surface area (Å²) in [7, 11) is -4.01. The first kappa shape index (κ1) is 32.3. The van der Waals surface area contributed by atoms with Gasteiger partial charge in [-0.1, -0.05) is 42.1 Å². The van der Waals surface area contributed by atoms with Gasteiger partial charge in [-0.25, -0.2) is 19.2 Å². The van der Waals surface area contributed by atoms with E-state index in [1.807, 2.05) is 30.3 Å². The molecule has 1 aliphatic heterocycles. The second-order valence-corrected chi connectivity index (χ2v) is 13.5. The largest absolute Gasteiger partial charge is 0.405 e. The first-order valence-electron chi connectivity index (χ1n) is 13.1. The maximum absolute atomic E-state index is 13.7. The highest BCUT2D eigenvalue weighted by Gasteiger charge is 2.54. The Balaban J connectivity index is 1.46. The Morgan fingerprint density at radius 1 is 1.29 bits per heavy atom. The second kappa shape index (κ2) is 12.9. The third kappa shape index (κ3) is 7.10. The predicted molar refractivity (Wildman–Crippen MR) is 155 cm³/mol. The molecule has 5 atom stereocenters. The lowest BCUT2D eigenvalue weighted by atomic mass is 9.91. The number of fused-ring (bicyclic) bond motifs is 1. The predicted octanol–water partition coefficient (Wildman–Crippen LogP) is 1.05. The standard InChI is InChI=1S/C25H36N7O8PS/c1-24(2,14-33)22(35)42-10-9-38-41(37,29-11-15-7-5-4-6-8-15)39-13-17-18(34)25(3,36)19(40-17)16-12-28-21-20(26)30-23(27)31-32(16)21/h4-8,12,17-19,33-34,36H,9-11,13-14H2,1-3H3,(H,29,37)(H4,26,27,30,31)/t17-,18-,19+,25-,41?/m1/s1. The lowest BCUT2D eigenvalue weighted by Gasteiger charge is -2.26. The van der Waals surface area contributed by atoms with Crippen molar-refractivity contribution < 1.29 is 38.5 Å². The van der Waals surface area contributed by atoms with Crippen molar-refractivity contribution in [2.45, 2.75) is 51.2 Å². The number of hydrogen-bond donors (Lipinski definition) is 6. The molecule has 3 aromatic rings. The molecule has 1 fully saturated rings. The zero-order valence-corrected chi connectivity index (χ0v) is 25.1. The molecule has 0 aliphatic carbocycles. The summed E-state index contributed by atoms with van der Waals surface area (Å²) >= 11 is 0.946. The van der Waals surface area contributed by atoms with E-state index < -0.39 is 43.7 Å². The molecular weight excluding hydrogens is 589 g/mol. The van der Waals surface area contributed by atoms with E-state index in [1.54, 1.807) is 13.8 Å². The zero-order chi connectivity index (χ0) is 30.7. The average molecular weight is 626 g/mol. The van der Waals surface area contributed by atoms with Crippen molar-refractivity contribution in [3.63, 3.8) is 0 Å². The topological polar surface area (TPSA) is 230 Å². The molecule has 15 nitrogen and oxygen atoms in total. The van der Waals surface area contributed by atoms with Crippen LogP contribution < -0.4 is 16.6 Å². The van der Waals surface area contributed by atoms with Crippen molar-refractivity contribution in [1.29, 1.82) is 0 Å². The maximum atomic E-state index is 13.7. The molecule has 1 unspecified atom stereocenters. The molecule has 0 spiro atoms. The molecular formula is C25H36N7O8PS. The van der Waals surface area contributed by atoms with E-state index >= 15 is 0 Å². The second-order valence-electron chi connectivity index (χ2n) is 10.6. The Labute approximate surface area is 246 Å². The van der Waals surface area contributed by atoms with Gasteiger partial charge in [0, 0.05) is 12.3 Å². The van der Waals surface area contributed by atoms with E-state index in [0.29, 0.717) is 0 Å². The number of imidazole rings is 1. The number of carbonyl (C=O) groups excluding carboxylic acids is 1. The molecule has 0 bridgehead atoms. The molecule has 1 aliphatic rings. The number of hydrogen-bond acceptors (Lipinski definition) is 14. The minimum absolute atomic E-state index is 0.0224. The third-order valence-electron chi connectivity index (χ3n) is 6.75. The summed E-state index contributed by atoms with van der Waals surface area (Å²) in [6.45, 7) is 3.91. The summed E-state index contributed by atoms with van der Waals surface area (Å²) in [5.41, 5.74) is 10.1. The number of ether oxygens (including phenoxy) is 1. The van der Waals surface area contributed by atoms with Gasteiger partial charge in [0.2, 0.25) is 5.95 Å². The molecule has 1 aromatic carbocycles. The number of aromatic nitrogens is 4. The number of nitrogens with zero attached hydrogens (tertiary/aromatic N) is 4. The van der Waals surface area contributed by atoms with Gasteiger partial charge in [-0.3, -0.25) is 13.8 Å². The summed E-state index contributed by atoms with van der Waals surface area (Å²) in [6, 6.07) is 9.15. The van der Waals surface area contributed by atoms with E-state index in [1.165, 1.54) is 17.6 Å². The highest BCUT2D eigenvalue weighted by molar-refractivity contribution is 8.13.